The maximum Gasteiger partial charge on any atom is 0.333 e. The number of ether oxygens (including phenoxy) is 2. The Labute approximate surface area is 106 Å². The summed E-state index contributed by atoms with van der Waals surface area (Å²) in [6, 6.07) is 9.58. The minimum absolute atomic E-state index is 0.442. The molecule has 0 saturated heterocycles. The number of nitrogens with zero attached hydrogens (tertiary/aromatic N) is 1. The molecule has 0 radical (unpaired) electrons. The van der Waals surface area contributed by atoms with Gasteiger partial charge in [-0.1, -0.05) is 18.2 Å². The molecular weight excluding hydrogens is 230 g/mol. The van der Waals surface area contributed by atoms with E-state index >= 15 is 0 Å². The second kappa shape index (κ2) is 4.64. The van der Waals surface area contributed by atoms with Crippen LogP contribution in [0, 0.1) is 0 Å². The molecule has 2 rings (SSSR count). The maximum absolute atomic E-state index is 11.3. The molecule has 0 bridgehead atoms. The molecule has 94 valence electrons. The molecule has 0 fully saturated rings. The average Bonchev–Trinajstić information content (AvgIpc) is 2.66. The smallest absolute Gasteiger partial charge is 0.333 e. The lowest BCUT2D eigenvalue weighted by Crippen LogP contribution is -2.17. The Bertz CT molecular complexity index is 515. The summed E-state index contributed by atoms with van der Waals surface area (Å²) in [5.74, 6) is 0.576. The van der Waals surface area contributed by atoms with E-state index in [9.17, 15) is 4.79 Å². The molecule has 0 atom stereocenters. The van der Waals surface area contributed by atoms with E-state index in [-0.39, 0.29) is 0 Å². The summed E-state index contributed by atoms with van der Waals surface area (Å²) in [6.45, 7) is 3.77. The van der Waals surface area contributed by atoms with Crippen molar-refractivity contribution >= 4 is 11.9 Å². The largest absolute Gasteiger partial charge is 0.466 e. The summed E-state index contributed by atoms with van der Waals surface area (Å²) in [5.41, 5.74) is 0.332. The Morgan fingerprint density at radius 3 is 2.61 bits per heavy atom. The van der Waals surface area contributed by atoms with Gasteiger partial charge in [0.05, 0.1) is 13.2 Å². The number of carbonyl (C=O) groups excluding carboxylic acids is 1. The van der Waals surface area contributed by atoms with Crippen LogP contribution in [-0.2, 0) is 14.3 Å². The maximum atomic E-state index is 11.3. The van der Waals surface area contributed by atoms with Gasteiger partial charge in [-0.25, -0.2) is 9.79 Å². The second-order valence-electron chi connectivity index (χ2n) is 4.48. The lowest BCUT2D eigenvalue weighted by molar-refractivity contribution is -0.135. The number of hydrogen-bond acceptors (Lipinski definition) is 4. The van der Waals surface area contributed by atoms with E-state index in [0.717, 1.165) is 5.56 Å². The SMILES string of the molecule is COC(=O)/C=C1/OC(c2ccccc2)=NC1(C)C. The number of hydrogen-bond donors (Lipinski definition) is 0. The molecule has 1 heterocycles. The highest BCUT2D eigenvalue weighted by Gasteiger charge is 2.34. The predicted molar refractivity (Wildman–Crippen MR) is 68.2 cm³/mol. The average molecular weight is 245 g/mol. The molecule has 1 aliphatic rings. The first-order chi connectivity index (χ1) is 8.53. The zero-order valence-corrected chi connectivity index (χ0v) is 10.6. The molecule has 0 spiro atoms. The molecule has 18 heavy (non-hydrogen) atoms. The Morgan fingerprint density at radius 2 is 2.00 bits per heavy atom. The molecule has 4 heteroatoms. The highest BCUT2D eigenvalue weighted by Crippen LogP contribution is 2.30. The first-order valence-corrected chi connectivity index (χ1v) is 5.66. The number of methoxy groups -OCH3 is 1. The van der Waals surface area contributed by atoms with E-state index in [1.807, 2.05) is 44.2 Å². The third-order valence-electron chi connectivity index (χ3n) is 2.66. The van der Waals surface area contributed by atoms with Crippen LogP contribution in [0.1, 0.15) is 19.4 Å². The predicted octanol–water partition coefficient (Wildman–Crippen LogP) is 2.30. The first-order valence-electron chi connectivity index (χ1n) is 5.66. The third kappa shape index (κ3) is 2.42. The molecule has 0 aromatic heterocycles. The van der Waals surface area contributed by atoms with Crippen molar-refractivity contribution in [3.63, 3.8) is 0 Å². The van der Waals surface area contributed by atoms with Gasteiger partial charge in [0.25, 0.3) is 0 Å². The zero-order chi connectivity index (χ0) is 13.2. The second-order valence-corrected chi connectivity index (χ2v) is 4.48. The van der Waals surface area contributed by atoms with Gasteiger partial charge in [-0.2, -0.15) is 0 Å². The van der Waals surface area contributed by atoms with Crippen molar-refractivity contribution in [2.24, 2.45) is 4.99 Å². The number of rotatable bonds is 2. The van der Waals surface area contributed by atoms with E-state index in [1.54, 1.807) is 0 Å². The molecule has 0 aliphatic carbocycles. The molecule has 1 aromatic carbocycles. The van der Waals surface area contributed by atoms with Crippen LogP contribution in [0.3, 0.4) is 0 Å². The zero-order valence-electron chi connectivity index (χ0n) is 10.6. The molecule has 0 unspecified atom stereocenters. The van der Waals surface area contributed by atoms with Gasteiger partial charge in [-0.05, 0) is 26.0 Å². The molecule has 1 aliphatic heterocycles. The summed E-state index contributed by atoms with van der Waals surface area (Å²) in [7, 11) is 1.33. The van der Waals surface area contributed by atoms with Gasteiger partial charge < -0.3 is 9.47 Å². The standard InChI is InChI=1S/C14H15NO3/c1-14(2)11(9-12(16)17-3)18-13(15-14)10-7-5-4-6-8-10/h4-9H,1-3H3/b11-9+. The highest BCUT2D eigenvalue weighted by atomic mass is 16.5. The van der Waals surface area contributed by atoms with Crippen LogP contribution in [0.4, 0.5) is 0 Å². The third-order valence-corrected chi connectivity index (χ3v) is 2.66. The van der Waals surface area contributed by atoms with Crippen LogP contribution in [0.25, 0.3) is 0 Å². The van der Waals surface area contributed by atoms with Gasteiger partial charge in [0.15, 0.2) is 0 Å². The summed E-state index contributed by atoms with van der Waals surface area (Å²) in [4.78, 5) is 15.7. The first kappa shape index (κ1) is 12.4. The van der Waals surface area contributed by atoms with Gasteiger partial charge in [0, 0.05) is 5.56 Å². The van der Waals surface area contributed by atoms with Gasteiger partial charge >= 0.3 is 5.97 Å². The molecule has 4 nitrogen and oxygen atoms in total. The lowest BCUT2D eigenvalue weighted by atomic mass is 10.0. The summed E-state index contributed by atoms with van der Waals surface area (Å²) < 4.78 is 10.2. The number of esters is 1. The lowest BCUT2D eigenvalue weighted by Gasteiger charge is -2.13. The fraction of sp³-hybridized carbons (Fsp3) is 0.286. The molecule has 1 aromatic rings. The number of aliphatic imine (C=N–C) groups is 1. The van der Waals surface area contributed by atoms with Crippen molar-refractivity contribution in [2.75, 3.05) is 7.11 Å². The monoisotopic (exact) mass is 245 g/mol. The van der Waals surface area contributed by atoms with E-state index < -0.39 is 11.5 Å². The molecule has 0 saturated carbocycles. The van der Waals surface area contributed by atoms with Crippen molar-refractivity contribution in [1.82, 2.24) is 0 Å². The fourth-order valence-electron chi connectivity index (χ4n) is 1.64. The molecular formula is C14H15NO3. The van der Waals surface area contributed by atoms with E-state index in [1.165, 1.54) is 13.2 Å². The van der Waals surface area contributed by atoms with Crippen LogP contribution in [0.5, 0.6) is 0 Å². The van der Waals surface area contributed by atoms with Gasteiger partial charge in [0.1, 0.15) is 11.3 Å². The Morgan fingerprint density at radius 1 is 1.33 bits per heavy atom. The van der Waals surface area contributed by atoms with E-state index in [4.69, 9.17) is 4.74 Å². The summed E-state index contributed by atoms with van der Waals surface area (Å²) in [5, 5.41) is 0. The van der Waals surface area contributed by atoms with Crippen molar-refractivity contribution in [3.05, 3.63) is 47.7 Å². The van der Waals surface area contributed by atoms with Crippen LogP contribution >= 0.6 is 0 Å². The number of carbonyl (C=O) groups is 1. The van der Waals surface area contributed by atoms with Crippen LogP contribution in [-0.4, -0.2) is 24.5 Å². The van der Waals surface area contributed by atoms with E-state index in [0.29, 0.717) is 11.7 Å². The van der Waals surface area contributed by atoms with Gasteiger partial charge in [-0.15, -0.1) is 0 Å². The van der Waals surface area contributed by atoms with Crippen LogP contribution in [0.2, 0.25) is 0 Å². The van der Waals surface area contributed by atoms with Crippen LogP contribution in [0.15, 0.2) is 47.2 Å². The quantitative estimate of drug-likeness (QED) is 0.593. The minimum atomic E-state index is -0.556. The van der Waals surface area contributed by atoms with Crippen molar-refractivity contribution in [1.29, 1.82) is 0 Å². The summed E-state index contributed by atoms with van der Waals surface area (Å²) in [6.07, 6.45) is 1.33. The Kier molecular flexibility index (Phi) is 3.19. The van der Waals surface area contributed by atoms with Crippen LogP contribution < -0.4 is 0 Å². The van der Waals surface area contributed by atoms with Gasteiger partial charge in [0.2, 0.25) is 5.90 Å². The van der Waals surface area contributed by atoms with Gasteiger partial charge in [-0.3, -0.25) is 0 Å². The fourth-order valence-corrected chi connectivity index (χ4v) is 1.64. The number of benzene rings is 1. The topological polar surface area (TPSA) is 47.9 Å². The highest BCUT2D eigenvalue weighted by molar-refractivity contribution is 5.97. The van der Waals surface area contributed by atoms with Crippen molar-refractivity contribution < 1.29 is 14.3 Å². The van der Waals surface area contributed by atoms with Crippen molar-refractivity contribution in [3.8, 4) is 0 Å². The Balaban J connectivity index is 2.30. The Hall–Kier alpha value is -2.10. The molecule has 0 amide bonds. The summed E-state index contributed by atoms with van der Waals surface area (Å²) >= 11 is 0. The normalized spacial score (nSPS) is 19.3. The molecule has 0 N–H and O–H groups in total. The minimum Gasteiger partial charge on any atom is -0.466 e. The van der Waals surface area contributed by atoms with Crippen molar-refractivity contribution in [2.45, 2.75) is 19.4 Å². The van der Waals surface area contributed by atoms with E-state index in [2.05, 4.69) is 9.73 Å².